The number of rotatable bonds is 4. The molecule has 4 heteroatoms. The Balaban J connectivity index is 1.09. The van der Waals surface area contributed by atoms with E-state index < -0.39 is 5.41 Å². The van der Waals surface area contributed by atoms with Crippen molar-refractivity contribution in [2.45, 2.75) is 5.41 Å². The van der Waals surface area contributed by atoms with E-state index in [1.54, 1.807) is 0 Å². The summed E-state index contributed by atoms with van der Waals surface area (Å²) in [4.78, 5) is 16.1. The Kier molecular flexibility index (Phi) is 7.49. The van der Waals surface area contributed by atoms with Crippen molar-refractivity contribution in [1.29, 1.82) is 0 Å². The van der Waals surface area contributed by atoms with Gasteiger partial charge in [0.25, 0.3) is 0 Å². The van der Waals surface area contributed by atoms with Gasteiger partial charge in [-0.2, -0.15) is 0 Å². The first kappa shape index (κ1) is 34.6. The third-order valence-corrected chi connectivity index (χ3v) is 13.0. The third-order valence-electron chi connectivity index (χ3n) is 13.0. The molecule has 2 aliphatic rings. The standard InChI is InChI=1S/C58H35N3O/c1-2-16-36(17-3-1)37-18-14-19-38(34-37)55-59-56(61-57(60-55)47-26-15-31-53-54(47)46-25-9-13-30-52(46)62-53)39-32-33-45-44-24-8-12-29-50(44)58(51(45)35-39)48-27-10-6-22-42(48)40-20-4-5-21-41(40)43-23-7-11-28-49(43)58/h1-35H. The Morgan fingerprint density at radius 2 is 0.758 bits per heavy atom. The summed E-state index contributed by atoms with van der Waals surface area (Å²) in [5.41, 5.74) is 18.3. The van der Waals surface area contributed by atoms with Crippen LogP contribution in [0.5, 0.6) is 0 Å². The van der Waals surface area contributed by atoms with Crippen molar-refractivity contribution < 1.29 is 4.42 Å². The summed E-state index contributed by atoms with van der Waals surface area (Å²) in [6.07, 6.45) is 0. The van der Waals surface area contributed by atoms with E-state index in [4.69, 9.17) is 19.4 Å². The lowest BCUT2D eigenvalue weighted by Crippen LogP contribution is -2.29. The normalized spacial score (nSPS) is 13.0. The van der Waals surface area contributed by atoms with Crippen LogP contribution in [0.15, 0.2) is 217 Å². The molecule has 4 nitrogen and oxygen atoms in total. The predicted octanol–water partition coefficient (Wildman–Crippen LogP) is 14.4. The summed E-state index contributed by atoms with van der Waals surface area (Å²) < 4.78 is 6.37. The zero-order chi connectivity index (χ0) is 40.8. The summed E-state index contributed by atoms with van der Waals surface area (Å²) in [5.74, 6) is 1.80. The smallest absolute Gasteiger partial charge is 0.164 e. The van der Waals surface area contributed by atoms with Gasteiger partial charge in [0.1, 0.15) is 11.2 Å². The lowest BCUT2D eigenvalue weighted by molar-refractivity contribution is 0.669. The SMILES string of the molecule is c1ccc(-c2cccc(-c3nc(-c4ccc5c(c4)C4(c6ccccc6-c6ccccc6-c6ccccc64)c4ccccc4-5)nc(-c4cccc5oc6ccccc6c45)n3)c2)cc1. The first-order valence-corrected chi connectivity index (χ1v) is 21.1. The van der Waals surface area contributed by atoms with Gasteiger partial charge in [-0.3, -0.25) is 0 Å². The van der Waals surface area contributed by atoms with Crippen LogP contribution in [0.25, 0.3) is 101 Å². The Hall–Kier alpha value is -8.21. The van der Waals surface area contributed by atoms with Crippen LogP contribution in [0.1, 0.15) is 22.3 Å². The van der Waals surface area contributed by atoms with E-state index in [9.17, 15) is 0 Å². The summed E-state index contributed by atoms with van der Waals surface area (Å²) in [7, 11) is 0. The molecule has 0 atom stereocenters. The highest BCUT2D eigenvalue weighted by molar-refractivity contribution is 6.12. The number of hydrogen-bond donors (Lipinski definition) is 0. The minimum absolute atomic E-state index is 0.589. The van der Waals surface area contributed by atoms with E-state index in [-0.39, 0.29) is 0 Å². The van der Waals surface area contributed by atoms with Gasteiger partial charge in [0, 0.05) is 27.5 Å². The molecule has 0 bridgehead atoms. The van der Waals surface area contributed by atoms with Gasteiger partial charge >= 0.3 is 0 Å². The number of aromatic nitrogens is 3. The fourth-order valence-corrected chi connectivity index (χ4v) is 10.4. The Morgan fingerprint density at radius 1 is 0.290 bits per heavy atom. The Bertz CT molecular complexity index is 3540. The second-order valence-corrected chi connectivity index (χ2v) is 16.2. The highest BCUT2D eigenvalue weighted by Crippen LogP contribution is 2.61. The van der Waals surface area contributed by atoms with Gasteiger partial charge in [-0.15, -0.1) is 0 Å². The lowest BCUT2D eigenvalue weighted by Gasteiger charge is -2.35. The van der Waals surface area contributed by atoms with E-state index in [1.165, 1.54) is 55.6 Å². The molecule has 0 aliphatic heterocycles. The molecule has 0 fully saturated rings. The third kappa shape index (κ3) is 4.98. The van der Waals surface area contributed by atoms with E-state index >= 15 is 0 Å². The van der Waals surface area contributed by atoms with Crippen molar-refractivity contribution in [3.05, 3.63) is 235 Å². The van der Waals surface area contributed by atoms with Gasteiger partial charge in [0.15, 0.2) is 17.5 Å². The molecule has 0 saturated heterocycles. The molecule has 0 N–H and O–H groups in total. The van der Waals surface area contributed by atoms with Crippen molar-refractivity contribution in [3.63, 3.8) is 0 Å². The molecule has 2 aliphatic carbocycles. The molecule has 11 aromatic rings. The van der Waals surface area contributed by atoms with E-state index in [0.717, 1.165) is 49.8 Å². The molecular weight excluding hydrogens is 755 g/mol. The number of furan rings is 1. The van der Waals surface area contributed by atoms with Crippen LogP contribution < -0.4 is 0 Å². The van der Waals surface area contributed by atoms with Crippen molar-refractivity contribution in [2.24, 2.45) is 0 Å². The van der Waals surface area contributed by atoms with Gasteiger partial charge in [-0.05, 0) is 91.0 Å². The van der Waals surface area contributed by atoms with Crippen LogP contribution in [-0.2, 0) is 5.41 Å². The van der Waals surface area contributed by atoms with Crippen LogP contribution in [0, 0.1) is 0 Å². The van der Waals surface area contributed by atoms with Crippen LogP contribution >= 0.6 is 0 Å². The molecule has 2 heterocycles. The quantitative estimate of drug-likeness (QED) is 0.178. The molecular formula is C58H35N3O. The summed E-state index contributed by atoms with van der Waals surface area (Å²) in [6.45, 7) is 0. The number of hydrogen-bond acceptors (Lipinski definition) is 4. The monoisotopic (exact) mass is 789 g/mol. The molecule has 13 rings (SSSR count). The number of benzene rings is 9. The van der Waals surface area contributed by atoms with Crippen molar-refractivity contribution >= 4 is 21.9 Å². The molecule has 0 saturated carbocycles. The summed E-state index contributed by atoms with van der Waals surface area (Å²) in [6, 6.07) is 75.9. The van der Waals surface area contributed by atoms with E-state index in [0.29, 0.717) is 17.5 Å². The fourth-order valence-electron chi connectivity index (χ4n) is 10.4. The average molecular weight is 790 g/mol. The highest BCUT2D eigenvalue weighted by atomic mass is 16.3. The van der Waals surface area contributed by atoms with Crippen molar-refractivity contribution in [2.75, 3.05) is 0 Å². The minimum Gasteiger partial charge on any atom is -0.456 e. The number of para-hydroxylation sites is 1. The molecule has 9 aromatic carbocycles. The van der Waals surface area contributed by atoms with Crippen molar-refractivity contribution in [3.8, 4) is 78.7 Å². The van der Waals surface area contributed by atoms with Crippen LogP contribution in [0.4, 0.5) is 0 Å². The molecule has 288 valence electrons. The molecule has 62 heavy (non-hydrogen) atoms. The zero-order valence-corrected chi connectivity index (χ0v) is 33.5. The molecule has 0 amide bonds. The maximum atomic E-state index is 6.37. The number of nitrogens with zero attached hydrogens (tertiary/aromatic N) is 3. The maximum absolute atomic E-state index is 6.37. The van der Waals surface area contributed by atoms with E-state index in [1.807, 2.05) is 36.4 Å². The van der Waals surface area contributed by atoms with Gasteiger partial charge < -0.3 is 4.42 Å². The van der Waals surface area contributed by atoms with Gasteiger partial charge in [0.05, 0.1) is 5.41 Å². The zero-order valence-electron chi connectivity index (χ0n) is 33.5. The molecule has 0 radical (unpaired) electrons. The molecule has 0 unspecified atom stereocenters. The largest absolute Gasteiger partial charge is 0.456 e. The second-order valence-electron chi connectivity index (χ2n) is 16.2. The minimum atomic E-state index is -0.627. The average Bonchev–Trinajstić information content (AvgIpc) is 3.84. The van der Waals surface area contributed by atoms with Crippen LogP contribution in [0.3, 0.4) is 0 Å². The number of fused-ring (bicyclic) bond motifs is 15. The fraction of sp³-hybridized carbons (Fsp3) is 0.0172. The first-order chi connectivity index (χ1) is 30.7. The summed E-state index contributed by atoms with van der Waals surface area (Å²) in [5, 5.41) is 2.01. The Labute approximate surface area is 358 Å². The molecule has 1 spiro atoms. The van der Waals surface area contributed by atoms with Gasteiger partial charge in [-0.25, -0.2) is 15.0 Å². The lowest BCUT2D eigenvalue weighted by atomic mass is 9.66. The Morgan fingerprint density at radius 3 is 1.45 bits per heavy atom. The first-order valence-electron chi connectivity index (χ1n) is 21.1. The predicted molar refractivity (Wildman–Crippen MR) is 251 cm³/mol. The van der Waals surface area contributed by atoms with Crippen molar-refractivity contribution in [1.82, 2.24) is 15.0 Å². The van der Waals surface area contributed by atoms with Crippen LogP contribution in [0.2, 0.25) is 0 Å². The maximum Gasteiger partial charge on any atom is 0.164 e. The second kappa shape index (κ2) is 13.4. The van der Waals surface area contributed by atoms with E-state index in [2.05, 4.69) is 176 Å². The molecule has 2 aromatic heterocycles. The topological polar surface area (TPSA) is 51.8 Å². The summed E-state index contributed by atoms with van der Waals surface area (Å²) >= 11 is 0. The van der Waals surface area contributed by atoms with Crippen LogP contribution in [-0.4, -0.2) is 15.0 Å². The highest BCUT2D eigenvalue weighted by Gasteiger charge is 2.49. The van der Waals surface area contributed by atoms with Gasteiger partial charge in [0.2, 0.25) is 0 Å². The van der Waals surface area contributed by atoms with Gasteiger partial charge in [-0.1, -0.05) is 188 Å².